The maximum Gasteiger partial charge on any atom is 0.220 e. The Labute approximate surface area is 93.2 Å². The third-order valence-corrected chi connectivity index (χ3v) is 2.21. The normalized spacial score (nSPS) is 10.4. The molecule has 1 aromatic carbocycles. The first-order valence-electron chi connectivity index (χ1n) is 5.43. The number of rotatable bonds is 4. The summed E-state index contributed by atoms with van der Waals surface area (Å²) in [6, 6.07) is 8.55. The van der Waals surface area contributed by atoms with Gasteiger partial charge in [0.05, 0.1) is 0 Å². The summed E-state index contributed by atoms with van der Waals surface area (Å²) in [5.74, 6) is 0.130. The van der Waals surface area contributed by atoms with Gasteiger partial charge in [0.2, 0.25) is 5.91 Å². The summed E-state index contributed by atoms with van der Waals surface area (Å²) in [6.07, 6.45) is 1.39. The minimum Gasteiger partial charge on any atom is -0.354 e. The maximum atomic E-state index is 11.4. The van der Waals surface area contributed by atoms with Gasteiger partial charge in [-0.25, -0.2) is 0 Å². The average Bonchev–Trinajstić information content (AvgIpc) is 2.16. The Kier molecular flexibility index (Phi) is 4.35. The van der Waals surface area contributed by atoms with Crippen molar-refractivity contribution in [3.8, 4) is 0 Å². The Balaban J connectivity index is 0.00000225. The molecule has 0 spiro atoms. The lowest BCUT2D eigenvalue weighted by atomic mass is 10.1. The third kappa shape index (κ3) is 4.63. The molecule has 0 saturated carbocycles. The van der Waals surface area contributed by atoms with Gasteiger partial charge in [-0.15, -0.1) is 0 Å². The van der Waals surface area contributed by atoms with E-state index in [1.165, 1.54) is 11.1 Å². The van der Waals surface area contributed by atoms with E-state index >= 15 is 0 Å². The number of carbonyl (C=O) groups is 1. The molecule has 0 heterocycles. The van der Waals surface area contributed by atoms with Crippen molar-refractivity contribution in [2.75, 3.05) is 0 Å². The fourth-order valence-corrected chi connectivity index (χ4v) is 1.41. The second kappa shape index (κ2) is 5.54. The SMILES string of the molecule is Cc1ccc(CCC(=O)NC(C)C)cc1.[HH]. The minimum atomic E-state index is 0. The highest BCUT2D eigenvalue weighted by Gasteiger charge is 2.03. The van der Waals surface area contributed by atoms with Crippen molar-refractivity contribution in [3.63, 3.8) is 0 Å². The zero-order chi connectivity index (χ0) is 11.3. The minimum absolute atomic E-state index is 0. The Bertz CT molecular complexity index is 319. The lowest BCUT2D eigenvalue weighted by molar-refractivity contribution is -0.121. The number of aryl methyl sites for hydroxylation is 2. The van der Waals surface area contributed by atoms with E-state index in [2.05, 4.69) is 36.5 Å². The van der Waals surface area contributed by atoms with Crippen LogP contribution < -0.4 is 5.32 Å². The molecule has 0 aliphatic rings. The van der Waals surface area contributed by atoms with E-state index in [-0.39, 0.29) is 13.4 Å². The second-order valence-corrected chi connectivity index (χ2v) is 4.21. The van der Waals surface area contributed by atoms with Gasteiger partial charge in [0.25, 0.3) is 0 Å². The summed E-state index contributed by atoms with van der Waals surface area (Å²) in [6.45, 7) is 6.02. The number of amides is 1. The van der Waals surface area contributed by atoms with Crippen LogP contribution in [-0.2, 0) is 11.2 Å². The van der Waals surface area contributed by atoms with Gasteiger partial charge in [-0.3, -0.25) is 4.79 Å². The summed E-state index contributed by atoms with van der Waals surface area (Å²) < 4.78 is 0. The fourth-order valence-electron chi connectivity index (χ4n) is 1.41. The molecular formula is C13H21NO. The monoisotopic (exact) mass is 207 g/mol. The van der Waals surface area contributed by atoms with E-state index < -0.39 is 0 Å². The van der Waals surface area contributed by atoms with Gasteiger partial charge >= 0.3 is 0 Å². The van der Waals surface area contributed by atoms with Crippen LogP contribution in [0.5, 0.6) is 0 Å². The quantitative estimate of drug-likeness (QED) is 0.808. The van der Waals surface area contributed by atoms with E-state index in [9.17, 15) is 4.79 Å². The van der Waals surface area contributed by atoms with Gasteiger partial charge in [0.1, 0.15) is 0 Å². The lowest BCUT2D eigenvalue weighted by Crippen LogP contribution is -2.30. The van der Waals surface area contributed by atoms with E-state index in [1.807, 2.05) is 13.8 Å². The molecule has 0 aliphatic heterocycles. The lowest BCUT2D eigenvalue weighted by Gasteiger charge is -2.08. The molecule has 84 valence electrons. The van der Waals surface area contributed by atoms with Gasteiger partial charge in [0, 0.05) is 13.9 Å². The van der Waals surface area contributed by atoms with Crippen LogP contribution in [-0.4, -0.2) is 11.9 Å². The van der Waals surface area contributed by atoms with Crippen LogP contribution in [0.15, 0.2) is 24.3 Å². The zero-order valence-corrected chi connectivity index (χ0v) is 9.71. The number of benzene rings is 1. The summed E-state index contributed by atoms with van der Waals surface area (Å²) >= 11 is 0. The topological polar surface area (TPSA) is 29.1 Å². The Morgan fingerprint density at radius 2 is 1.93 bits per heavy atom. The largest absolute Gasteiger partial charge is 0.354 e. The number of hydrogen-bond donors (Lipinski definition) is 1. The maximum absolute atomic E-state index is 11.4. The molecular weight excluding hydrogens is 186 g/mol. The van der Waals surface area contributed by atoms with Crippen molar-refractivity contribution in [3.05, 3.63) is 35.4 Å². The molecule has 1 aromatic rings. The van der Waals surface area contributed by atoms with Crippen LogP contribution in [0.1, 0.15) is 32.8 Å². The van der Waals surface area contributed by atoms with E-state index in [0.717, 1.165) is 6.42 Å². The van der Waals surface area contributed by atoms with Crippen LogP contribution in [0.25, 0.3) is 0 Å². The highest BCUT2D eigenvalue weighted by molar-refractivity contribution is 5.76. The zero-order valence-electron chi connectivity index (χ0n) is 9.71. The number of carbonyl (C=O) groups excluding carboxylic acids is 1. The average molecular weight is 207 g/mol. The molecule has 1 rings (SSSR count). The molecule has 0 radical (unpaired) electrons. The van der Waals surface area contributed by atoms with Crippen LogP contribution in [0, 0.1) is 6.92 Å². The standard InChI is InChI=1S/C13H19NO.H2/c1-10(2)14-13(15)9-8-12-6-4-11(3)5-7-12;/h4-7,10H,8-9H2,1-3H3,(H,14,15);1H. The predicted octanol–water partition coefficient (Wildman–Crippen LogP) is 2.70. The van der Waals surface area contributed by atoms with E-state index in [4.69, 9.17) is 0 Å². The summed E-state index contributed by atoms with van der Waals surface area (Å²) in [5, 5.41) is 2.89. The first kappa shape index (κ1) is 11.8. The summed E-state index contributed by atoms with van der Waals surface area (Å²) in [5.41, 5.74) is 2.48. The molecule has 2 nitrogen and oxygen atoms in total. The van der Waals surface area contributed by atoms with Crippen molar-refractivity contribution in [1.82, 2.24) is 5.32 Å². The van der Waals surface area contributed by atoms with Crippen LogP contribution >= 0.6 is 0 Å². The van der Waals surface area contributed by atoms with Gasteiger partial charge in [0.15, 0.2) is 0 Å². The molecule has 0 unspecified atom stereocenters. The van der Waals surface area contributed by atoms with Crippen LogP contribution in [0.4, 0.5) is 0 Å². The fraction of sp³-hybridized carbons (Fsp3) is 0.462. The smallest absolute Gasteiger partial charge is 0.220 e. The first-order valence-corrected chi connectivity index (χ1v) is 5.43. The van der Waals surface area contributed by atoms with Crippen molar-refractivity contribution in [1.29, 1.82) is 0 Å². The molecule has 0 bridgehead atoms. The number of hydrogen-bond acceptors (Lipinski definition) is 1. The molecule has 0 aliphatic carbocycles. The third-order valence-electron chi connectivity index (χ3n) is 2.21. The molecule has 1 N–H and O–H groups in total. The Morgan fingerprint density at radius 1 is 1.33 bits per heavy atom. The second-order valence-electron chi connectivity index (χ2n) is 4.21. The first-order chi connectivity index (χ1) is 7.08. The van der Waals surface area contributed by atoms with Crippen molar-refractivity contribution in [2.45, 2.75) is 39.7 Å². The Morgan fingerprint density at radius 3 is 2.47 bits per heavy atom. The summed E-state index contributed by atoms with van der Waals surface area (Å²) in [7, 11) is 0. The van der Waals surface area contributed by atoms with Crippen molar-refractivity contribution < 1.29 is 6.22 Å². The molecule has 0 atom stereocenters. The predicted molar refractivity (Wildman–Crippen MR) is 64.9 cm³/mol. The van der Waals surface area contributed by atoms with Crippen molar-refractivity contribution >= 4 is 5.91 Å². The van der Waals surface area contributed by atoms with Gasteiger partial charge in [-0.2, -0.15) is 0 Å². The Hall–Kier alpha value is -1.31. The van der Waals surface area contributed by atoms with Crippen LogP contribution in [0.3, 0.4) is 0 Å². The summed E-state index contributed by atoms with van der Waals surface area (Å²) in [4.78, 5) is 11.4. The van der Waals surface area contributed by atoms with Gasteiger partial charge in [-0.1, -0.05) is 29.8 Å². The molecule has 0 saturated heterocycles. The number of nitrogens with one attached hydrogen (secondary N) is 1. The molecule has 0 aromatic heterocycles. The molecule has 2 heteroatoms. The highest BCUT2D eigenvalue weighted by atomic mass is 16.1. The van der Waals surface area contributed by atoms with Gasteiger partial charge < -0.3 is 5.32 Å². The highest BCUT2D eigenvalue weighted by Crippen LogP contribution is 2.05. The van der Waals surface area contributed by atoms with E-state index in [1.54, 1.807) is 0 Å². The van der Waals surface area contributed by atoms with Gasteiger partial charge in [-0.05, 0) is 32.8 Å². The molecule has 1 amide bonds. The molecule has 15 heavy (non-hydrogen) atoms. The van der Waals surface area contributed by atoms with E-state index in [0.29, 0.717) is 6.42 Å². The van der Waals surface area contributed by atoms with Crippen LogP contribution in [0.2, 0.25) is 0 Å². The molecule has 0 fully saturated rings. The van der Waals surface area contributed by atoms with Crippen molar-refractivity contribution in [2.24, 2.45) is 0 Å².